The standard InChI is InChI=1S/C19H23N2O2P/c1-19(2,13-16-22)24(23)20(17-9-5-3-6-10-17)14-15-21(24)18-11-7-4-8-12-18/h3-12,16H,13-15H2,1-2H3. The number of nitrogens with zero attached hydrogens (tertiary/aromatic N) is 2. The highest BCUT2D eigenvalue weighted by Gasteiger charge is 2.53. The molecule has 0 unspecified atom stereocenters. The van der Waals surface area contributed by atoms with Crippen LogP contribution in [0, 0.1) is 0 Å². The normalized spacial score (nSPS) is 17.1. The van der Waals surface area contributed by atoms with E-state index in [1.165, 1.54) is 0 Å². The first-order valence-electron chi connectivity index (χ1n) is 8.20. The van der Waals surface area contributed by atoms with Gasteiger partial charge in [-0.15, -0.1) is 0 Å². The molecule has 0 aliphatic carbocycles. The first-order valence-corrected chi connectivity index (χ1v) is 9.82. The van der Waals surface area contributed by atoms with Crippen molar-refractivity contribution in [3.05, 3.63) is 60.7 Å². The van der Waals surface area contributed by atoms with Gasteiger partial charge in [0.15, 0.2) is 0 Å². The summed E-state index contributed by atoms with van der Waals surface area (Å²) in [5.74, 6) is 0. The molecule has 0 aromatic heterocycles. The van der Waals surface area contributed by atoms with Gasteiger partial charge in [-0.25, -0.2) is 0 Å². The van der Waals surface area contributed by atoms with Crippen molar-refractivity contribution < 1.29 is 9.36 Å². The summed E-state index contributed by atoms with van der Waals surface area (Å²) in [6.07, 6.45) is 1.14. The number of carbonyl (C=O) groups is 1. The molecule has 1 aliphatic rings. The van der Waals surface area contributed by atoms with Gasteiger partial charge in [-0.2, -0.15) is 0 Å². The summed E-state index contributed by atoms with van der Waals surface area (Å²) in [4.78, 5) is 11.2. The van der Waals surface area contributed by atoms with Crippen LogP contribution in [0.3, 0.4) is 0 Å². The predicted molar refractivity (Wildman–Crippen MR) is 99.9 cm³/mol. The van der Waals surface area contributed by atoms with Crippen LogP contribution in [0.2, 0.25) is 0 Å². The van der Waals surface area contributed by atoms with E-state index < -0.39 is 12.6 Å². The highest BCUT2D eigenvalue weighted by Crippen LogP contribution is 2.68. The van der Waals surface area contributed by atoms with Gasteiger partial charge in [0.25, 0.3) is 7.44 Å². The van der Waals surface area contributed by atoms with Crippen molar-refractivity contribution in [2.24, 2.45) is 0 Å². The molecule has 0 atom stereocenters. The van der Waals surface area contributed by atoms with E-state index in [4.69, 9.17) is 0 Å². The fourth-order valence-electron chi connectivity index (χ4n) is 3.34. The summed E-state index contributed by atoms with van der Waals surface area (Å²) in [6.45, 7) is 5.22. The van der Waals surface area contributed by atoms with Gasteiger partial charge in [-0.3, -0.25) is 4.57 Å². The van der Waals surface area contributed by atoms with Crippen LogP contribution >= 0.6 is 7.44 Å². The van der Waals surface area contributed by atoms with Gasteiger partial charge in [0.05, 0.1) is 5.16 Å². The van der Waals surface area contributed by atoms with E-state index in [9.17, 15) is 9.36 Å². The second-order valence-electron chi connectivity index (χ2n) is 6.64. The lowest BCUT2D eigenvalue weighted by Crippen LogP contribution is -2.35. The van der Waals surface area contributed by atoms with Crippen LogP contribution in [0.25, 0.3) is 0 Å². The van der Waals surface area contributed by atoms with Crippen LogP contribution in [-0.4, -0.2) is 24.5 Å². The quantitative estimate of drug-likeness (QED) is 0.589. The maximum atomic E-state index is 14.4. The lowest BCUT2D eigenvalue weighted by atomic mass is 10.1. The Morgan fingerprint density at radius 1 is 0.917 bits per heavy atom. The van der Waals surface area contributed by atoms with Gasteiger partial charge >= 0.3 is 0 Å². The SMILES string of the molecule is CC(C)(CC=O)P1(=O)N(c2ccccc2)CCN1c1ccccc1. The lowest BCUT2D eigenvalue weighted by Gasteiger charge is -2.42. The fourth-order valence-corrected chi connectivity index (χ4v) is 6.83. The molecule has 0 amide bonds. The monoisotopic (exact) mass is 342 g/mol. The van der Waals surface area contributed by atoms with Crippen molar-refractivity contribution in [2.45, 2.75) is 25.4 Å². The Balaban J connectivity index is 2.12. The molecule has 24 heavy (non-hydrogen) atoms. The molecule has 1 aliphatic heterocycles. The number of carbonyl (C=O) groups excluding carboxylic acids is 1. The molecule has 1 fully saturated rings. The van der Waals surface area contributed by atoms with Crippen LogP contribution in [0.1, 0.15) is 20.3 Å². The Morgan fingerprint density at radius 3 is 1.71 bits per heavy atom. The second-order valence-corrected chi connectivity index (χ2v) is 9.91. The van der Waals surface area contributed by atoms with Gasteiger partial charge in [0.2, 0.25) is 0 Å². The third-order valence-corrected chi connectivity index (χ3v) is 8.59. The van der Waals surface area contributed by atoms with E-state index in [1.54, 1.807) is 0 Å². The van der Waals surface area contributed by atoms with Crippen LogP contribution in [0.4, 0.5) is 11.4 Å². The van der Waals surface area contributed by atoms with Crippen LogP contribution < -0.4 is 9.34 Å². The molecule has 5 heteroatoms. The third kappa shape index (κ3) is 2.65. The molecule has 3 rings (SSSR count). The highest BCUT2D eigenvalue weighted by atomic mass is 31.2. The average molecular weight is 342 g/mol. The molecule has 1 saturated heterocycles. The molecule has 1 heterocycles. The van der Waals surface area contributed by atoms with E-state index in [0.717, 1.165) is 17.7 Å². The summed E-state index contributed by atoms with van der Waals surface area (Å²) in [7, 11) is -3.02. The van der Waals surface area contributed by atoms with Gasteiger partial charge in [-0.05, 0) is 38.1 Å². The Hall–Kier alpha value is -2.06. The van der Waals surface area contributed by atoms with Gasteiger partial charge < -0.3 is 14.1 Å². The molecule has 0 bridgehead atoms. The molecule has 2 aromatic carbocycles. The summed E-state index contributed by atoms with van der Waals surface area (Å²) in [6, 6.07) is 19.7. The topological polar surface area (TPSA) is 40.6 Å². The first-order chi connectivity index (χ1) is 11.5. The lowest BCUT2D eigenvalue weighted by molar-refractivity contribution is -0.108. The number of aldehydes is 1. The number of rotatable bonds is 5. The zero-order valence-corrected chi connectivity index (χ0v) is 15.0. The maximum absolute atomic E-state index is 14.4. The summed E-state index contributed by atoms with van der Waals surface area (Å²) in [5, 5.41) is -0.642. The van der Waals surface area contributed by atoms with E-state index in [-0.39, 0.29) is 6.42 Å². The molecule has 0 saturated carbocycles. The Kier molecular flexibility index (Phi) is 4.51. The minimum Gasteiger partial charge on any atom is -0.305 e. The summed E-state index contributed by atoms with van der Waals surface area (Å²) < 4.78 is 18.4. The van der Waals surface area contributed by atoms with E-state index in [2.05, 4.69) is 0 Å². The molecular formula is C19H23N2O2P. The van der Waals surface area contributed by atoms with Crippen molar-refractivity contribution in [3.8, 4) is 0 Å². The zero-order chi connectivity index (χ0) is 17.2. The van der Waals surface area contributed by atoms with Gasteiger partial charge in [-0.1, -0.05) is 36.4 Å². The first kappa shape index (κ1) is 16.8. The van der Waals surface area contributed by atoms with Crippen molar-refractivity contribution in [2.75, 3.05) is 22.4 Å². The number of anilines is 2. The molecule has 0 spiro atoms. The van der Waals surface area contributed by atoms with E-state index in [1.807, 2.05) is 83.9 Å². The predicted octanol–water partition coefficient (Wildman–Crippen LogP) is 4.57. The van der Waals surface area contributed by atoms with Crippen molar-refractivity contribution in [1.82, 2.24) is 0 Å². The van der Waals surface area contributed by atoms with Gasteiger partial charge in [0.1, 0.15) is 6.29 Å². The van der Waals surface area contributed by atoms with Crippen LogP contribution in [0.5, 0.6) is 0 Å². The second kappa shape index (κ2) is 6.45. The van der Waals surface area contributed by atoms with Gasteiger partial charge in [0, 0.05) is 30.9 Å². The van der Waals surface area contributed by atoms with E-state index >= 15 is 0 Å². The van der Waals surface area contributed by atoms with E-state index in [0.29, 0.717) is 13.1 Å². The minimum atomic E-state index is -3.02. The number of benzene rings is 2. The fraction of sp³-hybridized carbons (Fsp3) is 0.316. The van der Waals surface area contributed by atoms with Crippen molar-refractivity contribution >= 4 is 25.1 Å². The molecule has 0 radical (unpaired) electrons. The van der Waals surface area contributed by atoms with Crippen molar-refractivity contribution in [3.63, 3.8) is 0 Å². The Bertz CT molecular complexity index is 695. The Labute approximate surface area is 143 Å². The largest absolute Gasteiger partial charge is 0.305 e. The maximum Gasteiger partial charge on any atom is 0.269 e. The molecular weight excluding hydrogens is 319 g/mol. The number of hydrogen-bond acceptors (Lipinski definition) is 2. The molecule has 2 aromatic rings. The van der Waals surface area contributed by atoms with Crippen molar-refractivity contribution in [1.29, 1.82) is 0 Å². The summed E-state index contributed by atoms with van der Waals surface area (Å²) >= 11 is 0. The van der Waals surface area contributed by atoms with Crippen LogP contribution in [-0.2, 0) is 9.36 Å². The zero-order valence-electron chi connectivity index (χ0n) is 14.1. The highest BCUT2D eigenvalue weighted by molar-refractivity contribution is 7.69. The molecule has 126 valence electrons. The molecule has 4 nitrogen and oxygen atoms in total. The van der Waals surface area contributed by atoms with Crippen LogP contribution in [0.15, 0.2) is 60.7 Å². The summed E-state index contributed by atoms with van der Waals surface area (Å²) in [5.41, 5.74) is 1.89. The smallest absolute Gasteiger partial charge is 0.269 e. The average Bonchev–Trinajstić information content (AvgIpc) is 2.95. The Morgan fingerprint density at radius 2 is 1.33 bits per heavy atom. The number of hydrogen-bond donors (Lipinski definition) is 0. The molecule has 0 N–H and O–H groups in total. The third-order valence-electron chi connectivity index (χ3n) is 4.66. The minimum absolute atomic E-state index is 0.261. The number of para-hydroxylation sites is 2.